The van der Waals surface area contributed by atoms with Crippen LogP contribution in [-0.4, -0.2) is 36.5 Å². The van der Waals surface area contributed by atoms with Gasteiger partial charge in [-0.15, -0.1) is 12.4 Å². The second-order valence-corrected chi connectivity index (χ2v) is 5.57. The van der Waals surface area contributed by atoms with Crippen molar-refractivity contribution < 1.29 is 9.53 Å². The van der Waals surface area contributed by atoms with Gasteiger partial charge in [-0.2, -0.15) is 0 Å². The predicted molar refractivity (Wildman–Crippen MR) is 81.1 cm³/mol. The van der Waals surface area contributed by atoms with Crippen LogP contribution in [0.5, 0.6) is 5.75 Å². The zero-order valence-corrected chi connectivity index (χ0v) is 13.3. The number of benzene rings is 1. The fourth-order valence-corrected chi connectivity index (χ4v) is 2.56. The Labute approximate surface area is 131 Å². The van der Waals surface area contributed by atoms with Crippen LogP contribution in [0.4, 0.5) is 0 Å². The van der Waals surface area contributed by atoms with Crippen LogP contribution in [0.2, 0.25) is 5.02 Å². The lowest BCUT2D eigenvalue weighted by Crippen LogP contribution is -2.35. The number of likely N-dealkylation sites (tertiary alicyclic amines) is 1. The van der Waals surface area contributed by atoms with Crippen LogP contribution in [0.15, 0.2) is 22.7 Å². The summed E-state index contributed by atoms with van der Waals surface area (Å²) in [5.74, 6) is 0.457. The Hall–Kier alpha value is -0.490. The van der Waals surface area contributed by atoms with Crippen molar-refractivity contribution in [2.24, 2.45) is 5.73 Å². The molecular formula is C12H15BrCl2N2O2. The summed E-state index contributed by atoms with van der Waals surface area (Å²) in [6, 6.07) is 5.37. The lowest BCUT2D eigenvalue weighted by Gasteiger charge is -2.16. The minimum Gasteiger partial charge on any atom is -0.482 e. The summed E-state index contributed by atoms with van der Waals surface area (Å²) < 4.78 is 6.29. The number of amides is 1. The molecule has 0 radical (unpaired) electrons. The van der Waals surface area contributed by atoms with Crippen molar-refractivity contribution in [3.8, 4) is 5.75 Å². The summed E-state index contributed by atoms with van der Waals surface area (Å²) in [6.45, 7) is 1.31. The molecular weight excluding hydrogens is 355 g/mol. The molecule has 2 N–H and O–H groups in total. The summed E-state index contributed by atoms with van der Waals surface area (Å²) in [7, 11) is 0. The Morgan fingerprint density at radius 3 is 2.89 bits per heavy atom. The molecule has 0 spiro atoms. The zero-order valence-electron chi connectivity index (χ0n) is 10.1. The third kappa shape index (κ3) is 4.53. The van der Waals surface area contributed by atoms with Gasteiger partial charge in [0, 0.05) is 23.6 Å². The maximum absolute atomic E-state index is 11.8. The number of ether oxygens (including phenoxy) is 1. The molecule has 1 aliphatic rings. The molecule has 1 saturated heterocycles. The van der Waals surface area contributed by atoms with E-state index in [1.807, 2.05) is 6.07 Å². The molecule has 1 aromatic rings. The summed E-state index contributed by atoms with van der Waals surface area (Å²) >= 11 is 9.30. The summed E-state index contributed by atoms with van der Waals surface area (Å²) in [4.78, 5) is 13.6. The topological polar surface area (TPSA) is 55.6 Å². The van der Waals surface area contributed by atoms with Gasteiger partial charge in [0.05, 0.1) is 5.02 Å². The molecule has 2 rings (SSSR count). The number of carbonyl (C=O) groups excluding carboxylic acids is 1. The second kappa shape index (κ2) is 7.33. The average Bonchev–Trinajstić information content (AvgIpc) is 2.74. The van der Waals surface area contributed by atoms with Crippen LogP contribution < -0.4 is 10.5 Å². The van der Waals surface area contributed by atoms with Gasteiger partial charge in [0.2, 0.25) is 0 Å². The average molecular weight is 370 g/mol. The minimum absolute atomic E-state index is 0. The predicted octanol–water partition coefficient (Wildman–Crippen LogP) is 2.46. The number of halogens is 3. The highest BCUT2D eigenvalue weighted by molar-refractivity contribution is 9.10. The smallest absolute Gasteiger partial charge is 0.260 e. The van der Waals surface area contributed by atoms with E-state index < -0.39 is 0 Å². The number of rotatable bonds is 3. The molecule has 7 heteroatoms. The Balaban J connectivity index is 0.00000180. The van der Waals surface area contributed by atoms with E-state index in [1.165, 1.54) is 0 Å². The number of nitrogens with zero attached hydrogens (tertiary/aromatic N) is 1. The van der Waals surface area contributed by atoms with Crippen LogP contribution in [-0.2, 0) is 4.79 Å². The fourth-order valence-electron chi connectivity index (χ4n) is 1.84. The first-order valence-corrected chi connectivity index (χ1v) is 6.84. The van der Waals surface area contributed by atoms with E-state index >= 15 is 0 Å². The van der Waals surface area contributed by atoms with E-state index in [0.29, 0.717) is 23.9 Å². The van der Waals surface area contributed by atoms with E-state index in [2.05, 4.69) is 15.9 Å². The molecule has 0 unspecified atom stereocenters. The molecule has 4 nitrogen and oxygen atoms in total. The van der Waals surface area contributed by atoms with Gasteiger partial charge in [-0.1, -0.05) is 27.5 Å². The number of nitrogens with two attached hydrogens (primary N) is 1. The Morgan fingerprint density at radius 1 is 1.58 bits per heavy atom. The zero-order chi connectivity index (χ0) is 13.1. The first kappa shape index (κ1) is 16.6. The first-order chi connectivity index (χ1) is 8.56. The summed E-state index contributed by atoms with van der Waals surface area (Å²) in [5, 5.41) is 0.482. The largest absolute Gasteiger partial charge is 0.482 e. The standard InChI is InChI=1S/C12H14BrClN2O2.ClH/c13-8-1-2-11(10(14)5-8)18-7-12(17)16-4-3-9(15)6-16;/h1-2,5,9H,3-4,6-7,15H2;1H/t9-;/m1./s1. The van der Waals surface area contributed by atoms with Crippen molar-refractivity contribution in [2.75, 3.05) is 19.7 Å². The molecule has 1 aliphatic heterocycles. The van der Waals surface area contributed by atoms with E-state index in [9.17, 15) is 4.79 Å². The van der Waals surface area contributed by atoms with E-state index in [0.717, 1.165) is 10.9 Å². The van der Waals surface area contributed by atoms with Gasteiger partial charge in [0.25, 0.3) is 5.91 Å². The molecule has 1 aromatic carbocycles. The van der Waals surface area contributed by atoms with E-state index in [1.54, 1.807) is 17.0 Å². The van der Waals surface area contributed by atoms with Crippen LogP contribution in [0.25, 0.3) is 0 Å². The van der Waals surface area contributed by atoms with Crippen molar-refractivity contribution in [3.05, 3.63) is 27.7 Å². The van der Waals surface area contributed by atoms with E-state index in [-0.39, 0.29) is 31.0 Å². The third-order valence-electron chi connectivity index (χ3n) is 2.82. The van der Waals surface area contributed by atoms with Gasteiger partial charge < -0.3 is 15.4 Å². The van der Waals surface area contributed by atoms with Gasteiger partial charge in [0.15, 0.2) is 6.61 Å². The van der Waals surface area contributed by atoms with Gasteiger partial charge in [-0.05, 0) is 24.6 Å². The molecule has 1 amide bonds. The Kier molecular flexibility index (Phi) is 6.39. The molecule has 1 fully saturated rings. The highest BCUT2D eigenvalue weighted by atomic mass is 79.9. The van der Waals surface area contributed by atoms with Crippen molar-refractivity contribution >= 4 is 45.8 Å². The van der Waals surface area contributed by atoms with Crippen LogP contribution >= 0.6 is 39.9 Å². The molecule has 106 valence electrons. The van der Waals surface area contributed by atoms with E-state index in [4.69, 9.17) is 22.1 Å². The van der Waals surface area contributed by atoms with Crippen LogP contribution in [0.1, 0.15) is 6.42 Å². The highest BCUT2D eigenvalue weighted by Crippen LogP contribution is 2.27. The van der Waals surface area contributed by atoms with Crippen LogP contribution in [0.3, 0.4) is 0 Å². The molecule has 0 aliphatic carbocycles. The fraction of sp³-hybridized carbons (Fsp3) is 0.417. The molecule has 1 heterocycles. The van der Waals surface area contributed by atoms with Crippen molar-refractivity contribution in [3.63, 3.8) is 0 Å². The lowest BCUT2D eigenvalue weighted by atomic mass is 10.3. The molecule has 19 heavy (non-hydrogen) atoms. The normalized spacial score (nSPS) is 18.1. The Morgan fingerprint density at radius 2 is 2.32 bits per heavy atom. The minimum atomic E-state index is -0.0538. The number of hydrogen-bond donors (Lipinski definition) is 1. The third-order valence-corrected chi connectivity index (χ3v) is 3.61. The Bertz CT molecular complexity index is 459. The maximum atomic E-state index is 11.8. The first-order valence-electron chi connectivity index (χ1n) is 5.67. The number of carbonyl (C=O) groups is 1. The van der Waals surface area contributed by atoms with Crippen LogP contribution in [0, 0.1) is 0 Å². The summed E-state index contributed by atoms with van der Waals surface area (Å²) in [5.41, 5.74) is 5.75. The molecule has 0 saturated carbocycles. The highest BCUT2D eigenvalue weighted by Gasteiger charge is 2.23. The second-order valence-electron chi connectivity index (χ2n) is 4.25. The van der Waals surface area contributed by atoms with Crippen molar-refractivity contribution in [1.29, 1.82) is 0 Å². The summed E-state index contributed by atoms with van der Waals surface area (Å²) in [6.07, 6.45) is 0.852. The van der Waals surface area contributed by atoms with Crippen molar-refractivity contribution in [2.45, 2.75) is 12.5 Å². The van der Waals surface area contributed by atoms with Gasteiger partial charge in [-0.25, -0.2) is 0 Å². The molecule has 0 bridgehead atoms. The number of hydrogen-bond acceptors (Lipinski definition) is 3. The van der Waals surface area contributed by atoms with Gasteiger partial charge >= 0.3 is 0 Å². The maximum Gasteiger partial charge on any atom is 0.260 e. The molecule has 0 aromatic heterocycles. The van der Waals surface area contributed by atoms with Gasteiger partial charge in [0.1, 0.15) is 5.75 Å². The lowest BCUT2D eigenvalue weighted by molar-refractivity contribution is -0.132. The van der Waals surface area contributed by atoms with Crippen molar-refractivity contribution in [1.82, 2.24) is 4.90 Å². The van der Waals surface area contributed by atoms with Gasteiger partial charge in [-0.3, -0.25) is 4.79 Å². The SMILES string of the molecule is Cl.N[C@@H]1CCN(C(=O)COc2ccc(Br)cc2Cl)C1. The molecule has 1 atom stereocenters. The monoisotopic (exact) mass is 368 g/mol. The quantitative estimate of drug-likeness (QED) is 0.890.